The third-order valence-corrected chi connectivity index (χ3v) is 3.57. The molecule has 0 radical (unpaired) electrons. The molecule has 0 aromatic heterocycles. The molecule has 1 aromatic rings. The number of hydrogen-bond acceptors (Lipinski definition) is 3. The highest BCUT2D eigenvalue weighted by molar-refractivity contribution is 5.78. The van der Waals surface area contributed by atoms with Crippen molar-refractivity contribution < 1.29 is 22.7 Å². The van der Waals surface area contributed by atoms with Crippen molar-refractivity contribution in [3.63, 3.8) is 0 Å². The summed E-state index contributed by atoms with van der Waals surface area (Å²) < 4.78 is 39.9. The number of alkyl halides is 3. The minimum Gasteiger partial charge on any atom is -0.406 e. The molecule has 3 N–H and O–H groups in total. The molecular weight excluding hydrogens is 297 g/mol. The van der Waals surface area contributed by atoms with Gasteiger partial charge in [0.15, 0.2) is 0 Å². The van der Waals surface area contributed by atoms with Gasteiger partial charge in [0.2, 0.25) is 5.91 Å². The van der Waals surface area contributed by atoms with Crippen LogP contribution in [0.3, 0.4) is 0 Å². The van der Waals surface area contributed by atoms with Gasteiger partial charge in [-0.05, 0) is 30.5 Å². The Bertz CT molecular complexity index is 483. The predicted molar refractivity (Wildman–Crippen MR) is 77.3 cm³/mol. The van der Waals surface area contributed by atoms with E-state index >= 15 is 0 Å². The van der Waals surface area contributed by atoms with E-state index in [2.05, 4.69) is 10.1 Å². The van der Waals surface area contributed by atoms with E-state index in [0.29, 0.717) is 12.1 Å². The maximum absolute atomic E-state index is 12.0. The minimum atomic E-state index is -4.72. The minimum absolute atomic E-state index is 0.0792. The lowest BCUT2D eigenvalue weighted by Crippen LogP contribution is -2.49. The monoisotopic (exact) mass is 318 g/mol. The molecule has 1 rings (SSSR count). The molecule has 0 bridgehead atoms. The van der Waals surface area contributed by atoms with E-state index < -0.39 is 11.9 Å². The van der Waals surface area contributed by atoms with E-state index in [-0.39, 0.29) is 18.1 Å². The Morgan fingerprint density at radius 1 is 1.18 bits per heavy atom. The summed E-state index contributed by atoms with van der Waals surface area (Å²) in [7, 11) is 0. The first kappa shape index (κ1) is 18.3. The quantitative estimate of drug-likeness (QED) is 0.812. The Kier molecular flexibility index (Phi) is 6.22. The number of halogens is 3. The van der Waals surface area contributed by atoms with Gasteiger partial charge in [0.25, 0.3) is 0 Å². The molecule has 0 aliphatic rings. The highest BCUT2D eigenvalue weighted by atomic mass is 19.4. The van der Waals surface area contributed by atoms with Gasteiger partial charge in [-0.15, -0.1) is 13.2 Å². The van der Waals surface area contributed by atoms with Crippen LogP contribution in [-0.4, -0.2) is 24.4 Å². The number of amides is 1. The molecule has 0 saturated heterocycles. The van der Waals surface area contributed by atoms with Crippen LogP contribution in [0.5, 0.6) is 5.75 Å². The Balaban J connectivity index is 2.51. The van der Waals surface area contributed by atoms with Crippen molar-refractivity contribution in [2.24, 2.45) is 5.73 Å². The molecule has 22 heavy (non-hydrogen) atoms. The van der Waals surface area contributed by atoms with E-state index in [1.807, 2.05) is 13.8 Å². The molecule has 0 fully saturated rings. The first-order valence-electron chi connectivity index (χ1n) is 7.07. The largest absolute Gasteiger partial charge is 0.573 e. The standard InChI is InChI=1S/C15H21F3N2O2/c1-3-14(19,4-2)10-20-13(21)9-11-5-7-12(8-6-11)22-15(16,17)18/h5-8H,3-4,9-10,19H2,1-2H3,(H,20,21). The fourth-order valence-corrected chi connectivity index (χ4v) is 1.83. The van der Waals surface area contributed by atoms with Gasteiger partial charge in [-0.1, -0.05) is 26.0 Å². The van der Waals surface area contributed by atoms with Crippen LogP contribution in [0.15, 0.2) is 24.3 Å². The van der Waals surface area contributed by atoms with Crippen molar-refractivity contribution >= 4 is 5.91 Å². The molecule has 0 atom stereocenters. The maximum Gasteiger partial charge on any atom is 0.573 e. The van der Waals surface area contributed by atoms with E-state index in [0.717, 1.165) is 12.8 Å². The molecule has 0 aliphatic carbocycles. The lowest BCUT2D eigenvalue weighted by atomic mass is 9.94. The zero-order valence-corrected chi connectivity index (χ0v) is 12.7. The van der Waals surface area contributed by atoms with E-state index in [1.165, 1.54) is 24.3 Å². The van der Waals surface area contributed by atoms with Crippen molar-refractivity contribution in [1.29, 1.82) is 0 Å². The average Bonchev–Trinajstić information content (AvgIpc) is 2.45. The zero-order valence-electron chi connectivity index (χ0n) is 12.7. The Labute approximate surface area is 127 Å². The van der Waals surface area contributed by atoms with E-state index in [4.69, 9.17) is 5.73 Å². The number of nitrogens with two attached hydrogens (primary N) is 1. The van der Waals surface area contributed by atoms with Crippen molar-refractivity contribution in [3.05, 3.63) is 29.8 Å². The van der Waals surface area contributed by atoms with Gasteiger partial charge in [0.1, 0.15) is 5.75 Å². The summed E-state index contributed by atoms with van der Waals surface area (Å²) in [5, 5.41) is 2.75. The van der Waals surface area contributed by atoms with Crippen LogP contribution in [0.4, 0.5) is 13.2 Å². The second-order valence-corrected chi connectivity index (χ2v) is 5.21. The molecule has 124 valence electrons. The fraction of sp³-hybridized carbons (Fsp3) is 0.533. The van der Waals surface area contributed by atoms with Crippen molar-refractivity contribution in [3.8, 4) is 5.75 Å². The number of nitrogens with one attached hydrogen (secondary N) is 1. The third-order valence-electron chi connectivity index (χ3n) is 3.57. The molecule has 0 unspecified atom stereocenters. The highest BCUT2D eigenvalue weighted by Crippen LogP contribution is 2.22. The molecular formula is C15H21F3N2O2. The molecule has 1 amide bonds. The predicted octanol–water partition coefficient (Wildman–Crippen LogP) is 2.76. The first-order valence-corrected chi connectivity index (χ1v) is 7.07. The van der Waals surface area contributed by atoms with Gasteiger partial charge >= 0.3 is 6.36 Å². The summed E-state index contributed by atoms with van der Waals surface area (Å²) in [5.41, 5.74) is 6.25. The second-order valence-electron chi connectivity index (χ2n) is 5.21. The average molecular weight is 318 g/mol. The number of hydrogen-bond donors (Lipinski definition) is 2. The van der Waals surface area contributed by atoms with Gasteiger partial charge in [-0.25, -0.2) is 0 Å². The number of rotatable bonds is 7. The third kappa shape index (κ3) is 6.34. The molecule has 7 heteroatoms. The highest BCUT2D eigenvalue weighted by Gasteiger charge is 2.31. The Morgan fingerprint density at radius 2 is 1.73 bits per heavy atom. The Hall–Kier alpha value is -1.76. The molecule has 4 nitrogen and oxygen atoms in total. The summed E-state index contributed by atoms with van der Waals surface area (Å²) in [4.78, 5) is 11.8. The lowest BCUT2D eigenvalue weighted by molar-refractivity contribution is -0.274. The lowest BCUT2D eigenvalue weighted by Gasteiger charge is -2.26. The maximum atomic E-state index is 12.0. The molecule has 0 heterocycles. The fourth-order valence-electron chi connectivity index (χ4n) is 1.83. The smallest absolute Gasteiger partial charge is 0.406 e. The van der Waals surface area contributed by atoms with E-state index in [1.54, 1.807) is 0 Å². The SMILES string of the molecule is CCC(N)(CC)CNC(=O)Cc1ccc(OC(F)(F)F)cc1. The summed E-state index contributed by atoms with van der Waals surface area (Å²) in [6.45, 7) is 4.28. The van der Waals surface area contributed by atoms with Crippen molar-refractivity contribution in [2.45, 2.75) is 45.0 Å². The van der Waals surface area contributed by atoms with Gasteiger partial charge in [0.05, 0.1) is 6.42 Å². The molecule has 0 saturated carbocycles. The Morgan fingerprint density at radius 3 is 2.18 bits per heavy atom. The van der Waals surface area contributed by atoms with Crippen LogP contribution in [0, 0.1) is 0 Å². The second kappa shape index (κ2) is 7.49. The van der Waals surface area contributed by atoms with Crippen molar-refractivity contribution in [1.82, 2.24) is 5.32 Å². The normalized spacial score (nSPS) is 12.1. The van der Waals surface area contributed by atoms with Gasteiger partial charge in [-0.3, -0.25) is 4.79 Å². The van der Waals surface area contributed by atoms with E-state index in [9.17, 15) is 18.0 Å². The summed E-state index contributed by atoms with van der Waals surface area (Å²) in [6, 6.07) is 5.22. The number of carbonyl (C=O) groups excluding carboxylic acids is 1. The van der Waals surface area contributed by atoms with Crippen molar-refractivity contribution in [2.75, 3.05) is 6.54 Å². The van der Waals surface area contributed by atoms with Gasteiger partial charge in [-0.2, -0.15) is 0 Å². The van der Waals surface area contributed by atoms with Crippen LogP contribution in [-0.2, 0) is 11.2 Å². The molecule has 0 aliphatic heterocycles. The molecule has 0 spiro atoms. The van der Waals surface area contributed by atoms with Gasteiger partial charge in [0, 0.05) is 12.1 Å². The van der Waals surface area contributed by atoms with Crippen LogP contribution in [0.1, 0.15) is 32.3 Å². The van der Waals surface area contributed by atoms with Gasteiger partial charge < -0.3 is 15.8 Å². The van der Waals surface area contributed by atoms with Crippen LogP contribution in [0.25, 0.3) is 0 Å². The van der Waals surface area contributed by atoms with Crippen LogP contribution < -0.4 is 15.8 Å². The number of carbonyl (C=O) groups is 1. The number of ether oxygens (including phenoxy) is 1. The van der Waals surface area contributed by atoms with Crippen LogP contribution in [0.2, 0.25) is 0 Å². The summed E-state index contributed by atoms with van der Waals surface area (Å²) in [5.74, 6) is -0.532. The topological polar surface area (TPSA) is 64.3 Å². The summed E-state index contributed by atoms with van der Waals surface area (Å²) >= 11 is 0. The first-order chi connectivity index (χ1) is 10.2. The zero-order chi connectivity index (χ0) is 16.8. The molecule has 1 aromatic carbocycles. The van der Waals surface area contributed by atoms with Crippen LogP contribution >= 0.6 is 0 Å². The number of benzene rings is 1. The summed E-state index contributed by atoms with van der Waals surface area (Å²) in [6.07, 6.45) is -3.15.